The molecule has 1 aliphatic rings. The molecule has 0 radical (unpaired) electrons. The highest BCUT2D eigenvalue weighted by Gasteiger charge is 2.32. The minimum Gasteiger partial charge on any atom is -0.320 e. The van der Waals surface area contributed by atoms with Crippen LogP contribution in [-0.2, 0) is 10.2 Å². The Labute approximate surface area is 99.5 Å². The molecule has 1 unspecified atom stereocenters. The fourth-order valence-corrected chi connectivity index (χ4v) is 2.71. The number of anilines is 1. The molecule has 0 spiro atoms. The molecule has 2 N–H and O–H groups in total. The van der Waals surface area contributed by atoms with E-state index >= 15 is 0 Å². The first-order valence-corrected chi connectivity index (χ1v) is 6.30. The van der Waals surface area contributed by atoms with E-state index in [2.05, 4.69) is 25.8 Å². The van der Waals surface area contributed by atoms with E-state index in [1.54, 1.807) is 4.90 Å². The molecule has 1 fully saturated rings. The minimum atomic E-state index is -0.345. The van der Waals surface area contributed by atoms with Crippen molar-refractivity contribution in [3.8, 4) is 0 Å². The standard InChI is InChI=1S/C11H17N3OS/c1-11(2,3)8-6-16-10(13-8)14-5-4-7(12)9(14)15/h6-7H,4-5,12H2,1-3H3. The van der Waals surface area contributed by atoms with Gasteiger partial charge in [-0.1, -0.05) is 20.8 Å². The summed E-state index contributed by atoms with van der Waals surface area (Å²) >= 11 is 1.52. The second-order valence-corrected chi connectivity index (χ2v) is 5.99. The number of carbonyl (C=O) groups excluding carboxylic acids is 1. The maximum atomic E-state index is 11.7. The average Bonchev–Trinajstić information content (AvgIpc) is 2.74. The summed E-state index contributed by atoms with van der Waals surface area (Å²) in [6.45, 7) is 7.03. The summed E-state index contributed by atoms with van der Waals surface area (Å²) in [7, 11) is 0. The zero-order valence-electron chi connectivity index (χ0n) is 9.86. The molecule has 4 nitrogen and oxygen atoms in total. The fourth-order valence-electron chi connectivity index (χ4n) is 1.62. The molecule has 1 aliphatic heterocycles. The van der Waals surface area contributed by atoms with Crippen LogP contribution < -0.4 is 10.6 Å². The van der Waals surface area contributed by atoms with Crippen molar-refractivity contribution in [1.29, 1.82) is 0 Å². The molecule has 0 aromatic carbocycles. The molecule has 0 aliphatic carbocycles. The van der Waals surface area contributed by atoms with Crippen molar-refractivity contribution in [3.63, 3.8) is 0 Å². The summed E-state index contributed by atoms with van der Waals surface area (Å²) in [5, 5.41) is 2.80. The second-order valence-electron chi connectivity index (χ2n) is 5.15. The molecule has 16 heavy (non-hydrogen) atoms. The van der Waals surface area contributed by atoms with Gasteiger partial charge in [0.1, 0.15) is 0 Å². The number of thiazole rings is 1. The number of carbonyl (C=O) groups is 1. The smallest absolute Gasteiger partial charge is 0.245 e. The van der Waals surface area contributed by atoms with E-state index in [0.29, 0.717) is 6.54 Å². The molecule has 0 saturated carbocycles. The van der Waals surface area contributed by atoms with E-state index in [1.807, 2.05) is 5.38 Å². The lowest BCUT2D eigenvalue weighted by atomic mass is 9.93. The molecule has 1 atom stereocenters. The number of hydrogen-bond donors (Lipinski definition) is 1. The lowest BCUT2D eigenvalue weighted by Gasteiger charge is -2.15. The number of nitrogens with zero attached hydrogens (tertiary/aromatic N) is 2. The number of hydrogen-bond acceptors (Lipinski definition) is 4. The van der Waals surface area contributed by atoms with Gasteiger partial charge in [0.2, 0.25) is 5.91 Å². The first kappa shape index (κ1) is 11.5. The van der Waals surface area contributed by atoms with Crippen LogP contribution in [0.15, 0.2) is 5.38 Å². The summed E-state index contributed by atoms with van der Waals surface area (Å²) in [6.07, 6.45) is 0.725. The van der Waals surface area contributed by atoms with Crippen LogP contribution >= 0.6 is 11.3 Å². The van der Waals surface area contributed by atoms with Gasteiger partial charge in [-0.2, -0.15) is 0 Å². The number of nitrogens with two attached hydrogens (primary N) is 1. The first-order valence-electron chi connectivity index (χ1n) is 5.42. The van der Waals surface area contributed by atoms with Gasteiger partial charge in [0.05, 0.1) is 11.7 Å². The van der Waals surface area contributed by atoms with Crippen LogP contribution in [0.4, 0.5) is 5.13 Å². The third-order valence-corrected chi connectivity index (χ3v) is 3.60. The van der Waals surface area contributed by atoms with Gasteiger partial charge in [-0.3, -0.25) is 9.69 Å². The van der Waals surface area contributed by atoms with Crippen LogP contribution in [-0.4, -0.2) is 23.5 Å². The average molecular weight is 239 g/mol. The number of amides is 1. The summed E-state index contributed by atoms with van der Waals surface area (Å²) in [5.74, 6) is -0.00481. The SMILES string of the molecule is CC(C)(C)c1csc(N2CCC(N)C2=O)n1. The minimum absolute atomic E-state index is 0.00481. The molecular formula is C11H17N3OS. The van der Waals surface area contributed by atoms with Crippen molar-refractivity contribution in [2.75, 3.05) is 11.4 Å². The summed E-state index contributed by atoms with van der Waals surface area (Å²) in [6, 6.07) is -0.345. The summed E-state index contributed by atoms with van der Waals surface area (Å²) in [5.41, 5.74) is 6.74. The molecule has 2 rings (SSSR count). The van der Waals surface area contributed by atoms with Crippen LogP contribution in [0.1, 0.15) is 32.9 Å². The normalized spacial score (nSPS) is 21.9. The van der Waals surface area contributed by atoms with Gasteiger partial charge in [-0.25, -0.2) is 4.98 Å². The molecule has 88 valence electrons. The molecule has 1 aromatic heterocycles. The Hall–Kier alpha value is -0.940. The third kappa shape index (κ3) is 1.97. The van der Waals surface area contributed by atoms with Crippen molar-refractivity contribution in [2.24, 2.45) is 5.73 Å². The van der Waals surface area contributed by atoms with Crippen molar-refractivity contribution in [1.82, 2.24) is 4.98 Å². The van der Waals surface area contributed by atoms with Gasteiger partial charge in [0.25, 0.3) is 0 Å². The van der Waals surface area contributed by atoms with E-state index < -0.39 is 0 Å². The van der Waals surface area contributed by atoms with Crippen molar-refractivity contribution in [3.05, 3.63) is 11.1 Å². The topological polar surface area (TPSA) is 59.2 Å². The Bertz CT molecular complexity index is 408. The van der Waals surface area contributed by atoms with E-state index in [9.17, 15) is 4.79 Å². The number of rotatable bonds is 1. The van der Waals surface area contributed by atoms with Crippen LogP contribution in [0.5, 0.6) is 0 Å². The Morgan fingerprint density at radius 3 is 2.69 bits per heavy atom. The van der Waals surface area contributed by atoms with Crippen LogP contribution in [0.2, 0.25) is 0 Å². The predicted octanol–water partition coefficient (Wildman–Crippen LogP) is 1.50. The predicted molar refractivity (Wildman–Crippen MR) is 65.8 cm³/mol. The van der Waals surface area contributed by atoms with Crippen molar-refractivity contribution in [2.45, 2.75) is 38.6 Å². The molecule has 1 amide bonds. The Morgan fingerprint density at radius 1 is 1.56 bits per heavy atom. The van der Waals surface area contributed by atoms with Crippen LogP contribution in [0.25, 0.3) is 0 Å². The molecule has 1 aromatic rings. The maximum Gasteiger partial charge on any atom is 0.245 e. The quantitative estimate of drug-likeness (QED) is 0.808. The second kappa shape index (κ2) is 3.82. The molecule has 5 heteroatoms. The van der Waals surface area contributed by atoms with E-state index in [0.717, 1.165) is 17.2 Å². The van der Waals surface area contributed by atoms with Gasteiger partial charge in [-0.05, 0) is 6.42 Å². The highest BCUT2D eigenvalue weighted by atomic mass is 32.1. The zero-order valence-corrected chi connectivity index (χ0v) is 10.7. The van der Waals surface area contributed by atoms with E-state index in [4.69, 9.17) is 5.73 Å². The van der Waals surface area contributed by atoms with E-state index in [-0.39, 0.29) is 17.4 Å². The van der Waals surface area contributed by atoms with Gasteiger partial charge >= 0.3 is 0 Å². The highest BCUT2D eigenvalue weighted by Crippen LogP contribution is 2.30. The lowest BCUT2D eigenvalue weighted by molar-refractivity contribution is -0.118. The van der Waals surface area contributed by atoms with E-state index in [1.165, 1.54) is 11.3 Å². The first-order chi connectivity index (χ1) is 7.39. The largest absolute Gasteiger partial charge is 0.320 e. The summed E-state index contributed by atoms with van der Waals surface area (Å²) in [4.78, 5) is 17.9. The summed E-state index contributed by atoms with van der Waals surface area (Å²) < 4.78 is 0. The molecule has 2 heterocycles. The Kier molecular flexibility index (Phi) is 2.75. The Morgan fingerprint density at radius 2 is 2.25 bits per heavy atom. The van der Waals surface area contributed by atoms with Gasteiger partial charge in [-0.15, -0.1) is 11.3 Å². The zero-order chi connectivity index (χ0) is 11.9. The lowest BCUT2D eigenvalue weighted by Crippen LogP contribution is -2.34. The van der Waals surface area contributed by atoms with Gasteiger partial charge < -0.3 is 5.73 Å². The van der Waals surface area contributed by atoms with Crippen molar-refractivity contribution >= 4 is 22.4 Å². The molecule has 1 saturated heterocycles. The van der Waals surface area contributed by atoms with Gasteiger partial charge in [0, 0.05) is 17.3 Å². The monoisotopic (exact) mass is 239 g/mol. The van der Waals surface area contributed by atoms with Crippen molar-refractivity contribution < 1.29 is 4.79 Å². The maximum absolute atomic E-state index is 11.7. The Balaban J connectivity index is 2.23. The van der Waals surface area contributed by atoms with Crippen LogP contribution in [0.3, 0.4) is 0 Å². The van der Waals surface area contributed by atoms with Gasteiger partial charge in [0.15, 0.2) is 5.13 Å². The fraction of sp³-hybridized carbons (Fsp3) is 0.636. The molecule has 0 bridgehead atoms. The molecular weight excluding hydrogens is 222 g/mol. The number of aromatic nitrogens is 1. The van der Waals surface area contributed by atoms with Crippen LogP contribution in [0, 0.1) is 0 Å². The third-order valence-electron chi connectivity index (χ3n) is 2.74. The highest BCUT2D eigenvalue weighted by molar-refractivity contribution is 7.14.